The number of carbonyl (C=O) groups is 1. The third-order valence-electron chi connectivity index (χ3n) is 3.07. The Bertz CT molecular complexity index is 669. The fraction of sp³-hybridized carbons (Fsp3) is 0.333. The highest BCUT2D eigenvalue weighted by atomic mass is 35.5. The molecule has 0 fully saturated rings. The van der Waals surface area contributed by atoms with E-state index in [2.05, 4.69) is 5.10 Å². The minimum atomic E-state index is -1.08. The Labute approximate surface area is 128 Å². The topological polar surface area (TPSA) is 64.4 Å². The number of halogens is 1. The van der Waals surface area contributed by atoms with Crippen molar-refractivity contribution >= 4 is 17.6 Å². The standard InChI is InChI=1S/C15H17ClN2O3/c1-15(2,3)12-11(14(19)20)13(16)18(17-12)9-5-7-10(21-4)8-6-9/h5-8H,1-4H3,(H,19,20). The number of methoxy groups -OCH3 is 1. The first-order chi connectivity index (χ1) is 9.75. The summed E-state index contributed by atoms with van der Waals surface area (Å²) in [6.45, 7) is 5.70. The summed E-state index contributed by atoms with van der Waals surface area (Å²) < 4.78 is 6.54. The lowest BCUT2D eigenvalue weighted by atomic mass is 9.89. The van der Waals surface area contributed by atoms with Gasteiger partial charge in [-0.3, -0.25) is 0 Å². The molecule has 112 valence electrons. The van der Waals surface area contributed by atoms with E-state index in [0.717, 1.165) is 0 Å². The second-order valence-electron chi connectivity index (χ2n) is 5.68. The maximum absolute atomic E-state index is 11.5. The van der Waals surface area contributed by atoms with Gasteiger partial charge in [0.05, 0.1) is 18.5 Å². The van der Waals surface area contributed by atoms with E-state index in [4.69, 9.17) is 16.3 Å². The average Bonchev–Trinajstić information content (AvgIpc) is 2.76. The lowest BCUT2D eigenvalue weighted by molar-refractivity contribution is 0.0694. The summed E-state index contributed by atoms with van der Waals surface area (Å²) in [4.78, 5) is 11.5. The predicted octanol–water partition coefficient (Wildman–Crippen LogP) is 3.53. The Hall–Kier alpha value is -2.01. The van der Waals surface area contributed by atoms with Gasteiger partial charge in [-0.05, 0) is 24.3 Å². The van der Waals surface area contributed by atoms with E-state index in [1.165, 1.54) is 4.68 Å². The molecule has 0 unspecified atom stereocenters. The maximum Gasteiger partial charge on any atom is 0.340 e. The van der Waals surface area contributed by atoms with Gasteiger partial charge in [0.2, 0.25) is 0 Å². The fourth-order valence-electron chi connectivity index (χ4n) is 2.01. The molecule has 0 aliphatic rings. The lowest BCUT2D eigenvalue weighted by Gasteiger charge is -2.15. The van der Waals surface area contributed by atoms with Crippen LogP contribution in [0, 0.1) is 0 Å². The van der Waals surface area contributed by atoms with E-state index < -0.39 is 11.4 Å². The van der Waals surface area contributed by atoms with Gasteiger partial charge >= 0.3 is 5.97 Å². The van der Waals surface area contributed by atoms with Crippen LogP contribution in [0.3, 0.4) is 0 Å². The van der Waals surface area contributed by atoms with Gasteiger partial charge in [-0.1, -0.05) is 32.4 Å². The molecule has 1 N–H and O–H groups in total. The Morgan fingerprint density at radius 1 is 1.29 bits per heavy atom. The molecule has 2 aromatic rings. The quantitative estimate of drug-likeness (QED) is 0.942. The van der Waals surface area contributed by atoms with Gasteiger partial charge in [-0.2, -0.15) is 5.10 Å². The molecule has 1 aromatic heterocycles. The third kappa shape index (κ3) is 2.88. The lowest BCUT2D eigenvalue weighted by Crippen LogP contribution is -2.16. The van der Waals surface area contributed by atoms with E-state index in [-0.39, 0.29) is 10.7 Å². The summed E-state index contributed by atoms with van der Waals surface area (Å²) in [5.41, 5.74) is 0.754. The Morgan fingerprint density at radius 2 is 1.86 bits per heavy atom. The molecule has 1 aromatic carbocycles. The fourth-order valence-corrected chi connectivity index (χ4v) is 2.31. The van der Waals surface area contributed by atoms with Crippen molar-refractivity contribution in [1.82, 2.24) is 9.78 Å². The van der Waals surface area contributed by atoms with Crippen LogP contribution in [0.5, 0.6) is 5.75 Å². The molecular formula is C15H17ClN2O3. The minimum absolute atomic E-state index is 0.0417. The molecule has 0 saturated carbocycles. The number of rotatable bonds is 3. The highest BCUT2D eigenvalue weighted by Crippen LogP contribution is 2.32. The number of benzene rings is 1. The van der Waals surface area contributed by atoms with E-state index in [1.54, 1.807) is 31.4 Å². The predicted molar refractivity (Wildman–Crippen MR) is 80.8 cm³/mol. The van der Waals surface area contributed by atoms with Crippen LogP contribution in [0.2, 0.25) is 5.15 Å². The van der Waals surface area contributed by atoms with Crippen molar-refractivity contribution < 1.29 is 14.6 Å². The average molecular weight is 309 g/mol. The smallest absolute Gasteiger partial charge is 0.340 e. The second kappa shape index (κ2) is 5.41. The number of aromatic carboxylic acids is 1. The molecule has 0 aliphatic carbocycles. The van der Waals surface area contributed by atoms with Gasteiger partial charge < -0.3 is 9.84 Å². The molecule has 0 spiro atoms. The first-order valence-corrected chi connectivity index (χ1v) is 6.80. The van der Waals surface area contributed by atoms with Crippen LogP contribution in [0.1, 0.15) is 36.8 Å². The van der Waals surface area contributed by atoms with Gasteiger partial charge in [0, 0.05) is 5.41 Å². The van der Waals surface area contributed by atoms with Crippen LogP contribution < -0.4 is 4.74 Å². The van der Waals surface area contributed by atoms with Crippen LogP contribution in [0.4, 0.5) is 0 Å². The zero-order chi connectivity index (χ0) is 15.8. The highest BCUT2D eigenvalue weighted by Gasteiger charge is 2.30. The van der Waals surface area contributed by atoms with Crippen molar-refractivity contribution in [2.24, 2.45) is 0 Å². The summed E-state index contributed by atoms with van der Waals surface area (Å²) >= 11 is 6.23. The number of hydrogen-bond donors (Lipinski definition) is 1. The molecule has 1 heterocycles. The number of carboxylic acid groups (broad SMARTS) is 1. The van der Waals surface area contributed by atoms with Gasteiger partial charge in [-0.15, -0.1) is 0 Å². The molecule has 0 saturated heterocycles. The van der Waals surface area contributed by atoms with Crippen molar-refractivity contribution in [3.63, 3.8) is 0 Å². The highest BCUT2D eigenvalue weighted by molar-refractivity contribution is 6.33. The number of carboxylic acids is 1. The monoisotopic (exact) mass is 308 g/mol. The zero-order valence-electron chi connectivity index (χ0n) is 12.3. The van der Waals surface area contributed by atoms with Crippen molar-refractivity contribution in [2.45, 2.75) is 26.2 Å². The maximum atomic E-state index is 11.5. The van der Waals surface area contributed by atoms with Crippen molar-refractivity contribution in [1.29, 1.82) is 0 Å². The number of ether oxygens (including phenoxy) is 1. The van der Waals surface area contributed by atoms with Crippen molar-refractivity contribution in [3.05, 3.63) is 40.7 Å². The normalized spacial score (nSPS) is 11.5. The molecule has 0 amide bonds. The molecule has 0 aliphatic heterocycles. The number of nitrogens with zero attached hydrogens (tertiary/aromatic N) is 2. The first kappa shape index (κ1) is 15.4. The molecule has 0 atom stereocenters. The van der Waals surface area contributed by atoms with Crippen LogP contribution in [0.15, 0.2) is 24.3 Å². The Balaban J connectivity index is 2.62. The first-order valence-electron chi connectivity index (χ1n) is 6.42. The summed E-state index contributed by atoms with van der Waals surface area (Å²) in [5.74, 6) is -0.374. The van der Waals surface area contributed by atoms with Crippen molar-refractivity contribution in [3.8, 4) is 11.4 Å². The number of hydrogen-bond acceptors (Lipinski definition) is 3. The Kier molecular flexibility index (Phi) is 3.96. The molecule has 2 rings (SSSR count). The third-order valence-corrected chi connectivity index (χ3v) is 3.42. The van der Waals surface area contributed by atoms with Crippen molar-refractivity contribution in [2.75, 3.05) is 7.11 Å². The Morgan fingerprint density at radius 3 is 2.24 bits per heavy atom. The summed E-state index contributed by atoms with van der Waals surface area (Å²) in [5, 5.41) is 13.9. The summed E-state index contributed by atoms with van der Waals surface area (Å²) in [6.07, 6.45) is 0. The van der Waals surface area contributed by atoms with E-state index >= 15 is 0 Å². The van der Waals surface area contributed by atoms with Crippen LogP contribution in [0.25, 0.3) is 5.69 Å². The van der Waals surface area contributed by atoms with Gasteiger partial charge in [0.1, 0.15) is 16.5 Å². The van der Waals surface area contributed by atoms with Crippen LogP contribution in [-0.2, 0) is 5.41 Å². The molecule has 0 radical (unpaired) electrons. The molecule has 5 nitrogen and oxygen atoms in total. The molecule has 6 heteroatoms. The minimum Gasteiger partial charge on any atom is -0.497 e. The van der Waals surface area contributed by atoms with Gasteiger partial charge in [0.25, 0.3) is 0 Å². The van der Waals surface area contributed by atoms with Gasteiger partial charge in [-0.25, -0.2) is 9.48 Å². The summed E-state index contributed by atoms with van der Waals surface area (Å²) in [6, 6.07) is 7.08. The summed E-state index contributed by atoms with van der Waals surface area (Å²) in [7, 11) is 1.58. The van der Waals surface area contributed by atoms with E-state index in [1.807, 2.05) is 20.8 Å². The number of aromatic nitrogens is 2. The zero-order valence-corrected chi connectivity index (χ0v) is 13.1. The molecular weight excluding hydrogens is 292 g/mol. The van der Waals surface area contributed by atoms with E-state index in [9.17, 15) is 9.90 Å². The van der Waals surface area contributed by atoms with Gasteiger partial charge in [0.15, 0.2) is 0 Å². The molecule has 21 heavy (non-hydrogen) atoms. The van der Waals surface area contributed by atoms with Crippen LogP contribution in [-0.4, -0.2) is 28.0 Å². The van der Waals surface area contributed by atoms with E-state index in [0.29, 0.717) is 17.1 Å². The largest absolute Gasteiger partial charge is 0.497 e. The molecule has 0 bridgehead atoms. The van der Waals surface area contributed by atoms with Crippen LogP contribution >= 0.6 is 11.6 Å². The second-order valence-corrected chi connectivity index (χ2v) is 6.04. The SMILES string of the molecule is COc1ccc(-n2nc(C(C)(C)C)c(C(=O)O)c2Cl)cc1.